The van der Waals surface area contributed by atoms with Gasteiger partial charge in [0.05, 0.1) is 16.8 Å². The fraction of sp³-hybridized carbons (Fsp3) is 0.650. The van der Waals surface area contributed by atoms with Crippen LogP contribution in [-0.4, -0.2) is 68.2 Å². The molecule has 0 radical (unpaired) electrons. The van der Waals surface area contributed by atoms with Gasteiger partial charge in [-0.3, -0.25) is 18.7 Å². The molecule has 0 aromatic carbocycles. The number of carbonyl (C=O) groups excluding carboxylic acids is 1. The normalized spacial score (nSPS) is 18.9. The van der Waals surface area contributed by atoms with Crippen LogP contribution in [0.1, 0.15) is 33.0 Å². The van der Waals surface area contributed by atoms with Crippen molar-refractivity contribution < 1.29 is 13.2 Å². The maximum Gasteiger partial charge on any atom is 0.332 e. The van der Waals surface area contributed by atoms with Gasteiger partial charge in [0.2, 0.25) is 5.91 Å². The average Bonchev–Trinajstić information content (AvgIpc) is 3.07. The van der Waals surface area contributed by atoms with E-state index in [4.69, 9.17) is 0 Å². The lowest BCUT2D eigenvalue weighted by Gasteiger charge is -2.26. The molecule has 10 nitrogen and oxygen atoms in total. The van der Waals surface area contributed by atoms with Crippen LogP contribution in [0.3, 0.4) is 0 Å². The lowest BCUT2D eigenvalue weighted by molar-refractivity contribution is -0.130. The Labute approximate surface area is 191 Å². The lowest BCUT2D eigenvalue weighted by atomic mass is 10.2. The number of amides is 1. The first-order valence-corrected chi connectivity index (χ1v) is 13.1. The number of aryl methyl sites for hydroxylation is 1. The fourth-order valence-corrected chi connectivity index (χ4v) is 6.68. The van der Waals surface area contributed by atoms with E-state index in [9.17, 15) is 22.8 Å². The molecular weight excluding hydrogens is 454 g/mol. The second kappa shape index (κ2) is 8.97. The Kier molecular flexibility index (Phi) is 6.85. The third-order valence-corrected chi connectivity index (χ3v) is 8.37. The number of rotatable bonds is 6. The summed E-state index contributed by atoms with van der Waals surface area (Å²) in [5, 5.41) is -0.0796. The van der Waals surface area contributed by atoms with Crippen molar-refractivity contribution in [2.45, 2.75) is 57.0 Å². The highest BCUT2D eigenvalue weighted by atomic mass is 32.2. The molecule has 0 unspecified atom stereocenters. The van der Waals surface area contributed by atoms with Crippen LogP contribution in [0.15, 0.2) is 14.6 Å². The van der Waals surface area contributed by atoms with E-state index in [1.807, 2.05) is 13.8 Å². The van der Waals surface area contributed by atoms with Crippen LogP contribution in [0.5, 0.6) is 0 Å². The molecule has 12 heteroatoms. The molecule has 1 aliphatic rings. The molecule has 0 spiro atoms. The van der Waals surface area contributed by atoms with E-state index in [-0.39, 0.29) is 40.4 Å². The monoisotopic (exact) mass is 483 g/mol. The zero-order chi connectivity index (χ0) is 24.0. The van der Waals surface area contributed by atoms with Gasteiger partial charge in [-0.25, -0.2) is 23.2 Å². The van der Waals surface area contributed by atoms with Crippen LogP contribution in [0.2, 0.25) is 0 Å². The third-order valence-electron chi connectivity index (χ3n) is 5.55. The van der Waals surface area contributed by atoms with E-state index < -0.39 is 26.3 Å². The summed E-state index contributed by atoms with van der Waals surface area (Å²) in [4.78, 5) is 49.0. The average molecular weight is 484 g/mol. The number of hydrogen-bond donors (Lipinski definition) is 0. The van der Waals surface area contributed by atoms with Crippen LogP contribution in [0, 0.1) is 12.8 Å². The highest BCUT2D eigenvalue weighted by molar-refractivity contribution is 8.00. The van der Waals surface area contributed by atoms with Crippen LogP contribution in [0.25, 0.3) is 11.0 Å². The SMILES string of the molecule is Cc1nc(S[C@H](C)C(=O)N(C)[C@@H]2CCS(=O)(=O)C2)c2c(=O)n(C)c(=O)n(CC(C)C)c2n1. The van der Waals surface area contributed by atoms with Gasteiger partial charge in [-0.1, -0.05) is 25.6 Å². The summed E-state index contributed by atoms with van der Waals surface area (Å²) in [6, 6.07) is -0.358. The van der Waals surface area contributed by atoms with E-state index in [0.29, 0.717) is 23.8 Å². The van der Waals surface area contributed by atoms with Crippen molar-refractivity contribution in [3.8, 4) is 0 Å². The minimum absolute atomic E-state index is 0.0375. The highest BCUT2D eigenvalue weighted by Gasteiger charge is 2.34. The van der Waals surface area contributed by atoms with Crippen molar-refractivity contribution >= 4 is 38.5 Å². The Morgan fingerprint density at radius 3 is 2.47 bits per heavy atom. The number of sulfone groups is 1. The second-order valence-corrected chi connectivity index (χ2v) is 12.3. The number of aromatic nitrogens is 4. The molecule has 2 aromatic rings. The van der Waals surface area contributed by atoms with Crippen LogP contribution < -0.4 is 11.2 Å². The van der Waals surface area contributed by atoms with E-state index in [1.54, 1.807) is 20.9 Å². The van der Waals surface area contributed by atoms with E-state index in [0.717, 1.165) is 16.3 Å². The molecule has 1 saturated heterocycles. The van der Waals surface area contributed by atoms with Gasteiger partial charge in [0.15, 0.2) is 15.5 Å². The predicted octanol–water partition coefficient (Wildman–Crippen LogP) is 0.581. The molecule has 176 valence electrons. The molecule has 1 aliphatic heterocycles. The minimum atomic E-state index is -3.12. The Morgan fingerprint density at radius 2 is 1.91 bits per heavy atom. The minimum Gasteiger partial charge on any atom is -0.341 e. The lowest BCUT2D eigenvalue weighted by Crippen LogP contribution is -2.42. The van der Waals surface area contributed by atoms with Crippen molar-refractivity contribution in [1.82, 2.24) is 24.0 Å². The topological polar surface area (TPSA) is 124 Å². The molecular formula is C20H29N5O5S2. The molecule has 2 atom stereocenters. The third kappa shape index (κ3) is 4.75. The summed E-state index contributed by atoms with van der Waals surface area (Å²) < 4.78 is 26.1. The van der Waals surface area contributed by atoms with Gasteiger partial charge >= 0.3 is 5.69 Å². The number of thioether (sulfide) groups is 1. The molecule has 0 saturated carbocycles. The Morgan fingerprint density at radius 1 is 1.25 bits per heavy atom. The summed E-state index contributed by atoms with van der Waals surface area (Å²) in [6.45, 7) is 7.69. The summed E-state index contributed by atoms with van der Waals surface area (Å²) in [5.74, 6) is 0.339. The van der Waals surface area contributed by atoms with E-state index in [2.05, 4.69) is 9.97 Å². The van der Waals surface area contributed by atoms with Crippen LogP contribution in [-0.2, 0) is 28.2 Å². The maximum atomic E-state index is 13.0. The molecule has 1 amide bonds. The van der Waals surface area contributed by atoms with Crippen molar-refractivity contribution in [3.05, 3.63) is 26.7 Å². The van der Waals surface area contributed by atoms with Gasteiger partial charge in [0.25, 0.3) is 5.56 Å². The maximum absolute atomic E-state index is 13.0. The van der Waals surface area contributed by atoms with Gasteiger partial charge in [0.1, 0.15) is 16.2 Å². The number of nitrogens with zero attached hydrogens (tertiary/aromatic N) is 5. The highest BCUT2D eigenvalue weighted by Crippen LogP contribution is 2.28. The second-order valence-electron chi connectivity index (χ2n) is 8.69. The Balaban J connectivity index is 2.02. The smallest absolute Gasteiger partial charge is 0.332 e. The van der Waals surface area contributed by atoms with Crippen molar-refractivity contribution in [1.29, 1.82) is 0 Å². The zero-order valence-electron chi connectivity index (χ0n) is 19.2. The fourth-order valence-electron chi connectivity index (χ4n) is 3.82. The summed E-state index contributed by atoms with van der Waals surface area (Å²) in [6.07, 6.45) is 0.416. The number of carbonyl (C=O) groups is 1. The first kappa shape index (κ1) is 24.4. The largest absolute Gasteiger partial charge is 0.341 e. The molecule has 3 heterocycles. The van der Waals surface area contributed by atoms with Gasteiger partial charge in [-0.15, -0.1) is 0 Å². The molecule has 2 aromatic heterocycles. The van der Waals surface area contributed by atoms with E-state index >= 15 is 0 Å². The molecule has 0 bridgehead atoms. The van der Waals surface area contributed by atoms with Gasteiger partial charge in [0, 0.05) is 26.7 Å². The standard InChI is InChI=1S/C20H29N5O5S2/c1-11(2)9-25-16-15(19(27)24(6)20(25)28)17(22-13(4)21-16)31-12(3)18(26)23(5)14-7-8-32(29,30)10-14/h11-12,14H,7-10H2,1-6H3/t12-,14-/m1/s1. The summed E-state index contributed by atoms with van der Waals surface area (Å²) >= 11 is 1.12. The first-order valence-electron chi connectivity index (χ1n) is 10.4. The van der Waals surface area contributed by atoms with Gasteiger partial charge < -0.3 is 4.90 Å². The Hall–Kier alpha value is -2.21. The zero-order valence-corrected chi connectivity index (χ0v) is 20.8. The molecule has 1 fully saturated rings. The quantitative estimate of drug-likeness (QED) is 0.432. The molecule has 3 rings (SSSR count). The summed E-state index contributed by atoms with van der Waals surface area (Å²) in [7, 11) is -0.101. The van der Waals surface area contributed by atoms with Crippen LogP contribution in [0.4, 0.5) is 0 Å². The van der Waals surface area contributed by atoms with Crippen LogP contribution >= 0.6 is 11.8 Å². The molecule has 0 aliphatic carbocycles. The molecule has 32 heavy (non-hydrogen) atoms. The summed E-state index contributed by atoms with van der Waals surface area (Å²) in [5.41, 5.74) is -0.698. The Bertz CT molecular complexity index is 1280. The van der Waals surface area contributed by atoms with Crippen molar-refractivity contribution in [2.24, 2.45) is 13.0 Å². The van der Waals surface area contributed by atoms with Gasteiger partial charge in [-0.2, -0.15) is 0 Å². The number of hydrogen-bond acceptors (Lipinski definition) is 8. The van der Waals surface area contributed by atoms with E-state index in [1.165, 1.54) is 16.5 Å². The molecule has 0 N–H and O–H groups in total. The van der Waals surface area contributed by atoms with Crippen molar-refractivity contribution in [2.75, 3.05) is 18.6 Å². The van der Waals surface area contributed by atoms with Crippen molar-refractivity contribution in [3.63, 3.8) is 0 Å². The number of fused-ring (bicyclic) bond motifs is 1. The predicted molar refractivity (Wildman–Crippen MR) is 124 cm³/mol. The van der Waals surface area contributed by atoms with Gasteiger partial charge in [-0.05, 0) is 26.2 Å². The first-order chi connectivity index (χ1) is 14.8.